The number of carbonyl (C=O) groups is 1. The second-order valence-corrected chi connectivity index (χ2v) is 4.93. The number of hydroxylamine groups is 2. The van der Waals surface area contributed by atoms with Crippen LogP contribution in [0.3, 0.4) is 0 Å². The highest BCUT2D eigenvalue weighted by atomic mass is 16.7. The van der Waals surface area contributed by atoms with Crippen LogP contribution in [0, 0.1) is 12.3 Å². The zero-order chi connectivity index (χ0) is 11.8. The summed E-state index contributed by atoms with van der Waals surface area (Å²) in [4.78, 5) is 17.4. The molecule has 0 spiro atoms. The molecule has 1 fully saturated rings. The van der Waals surface area contributed by atoms with Crippen molar-refractivity contribution in [2.24, 2.45) is 5.41 Å². The van der Waals surface area contributed by atoms with Gasteiger partial charge in [0.25, 0.3) is 5.91 Å². The molecule has 1 aliphatic rings. The molecule has 0 atom stereocenters. The second-order valence-electron chi connectivity index (χ2n) is 4.93. The van der Waals surface area contributed by atoms with Crippen LogP contribution in [0.4, 0.5) is 0 Å². The number of amides is 1. The van der Waals surface area contributed by atoms with Crippen molar-refractivity contribution in [1.29, 1.82) is 0 Å². The Balaban J connectivity index is 2.13. The van der Waals surface area contributed by atoms with E-state index in [1.54, 1.807) is 0 Å². The molecule has 0 radical (unpaired) electrons. The van der Waals surface area contributed by atoms with E-state index in [2.05, 4.69) is 0 Å². The largest absolute Gasteiger partial charge is 0.272 e. The minimum Gasteiger partial charge on any atom is -0.272 e. The Morgan fingerprint density at radius 3 is 2.62 bits per heavy atom. The highest BCUT2D eigenvalue weighted by molar-refractivity contribution is 5.82. The van der Waals surface area contributed by atoms with Gasteiger partial charge in [-0.05, 0) is 31.9 Å². The average Bonchev–Trinajstić information content (AvgIpc) is 2.49. The van der Waals surface area contributed by atoms with E-state index in [1.807, 2.05) is 45.0 Å². The van der Waals surface area contributed by atoms with Gasteiger partial charge < -0.3 is 0 Å². The molecule has 1 aliphatic heterocycles. The fraction of sp³-hybridized carbons (Fsp3) is 0.462. The van der Waals surface area contributed by atoms with Gasteiger partial charge in [0.2, 0.25) is 0 Å². The van der Waals surface area contributed by atoms with Crippen molar-refractivity contribution in [3.8, 4) is 0 Å². The number of hydrogen-bond donors (Lipinski definition) is 0. The van der Waals surface area contributed by atoms with Gasteiger partial charge in [-0.25, -0.2) is 5.06 Å². The summed E-state index contributed by atoms with van der Waals surface area (Å²) in [6.45, 7) is 6.87. The molecule has 1 amide bonds. The number of rotatable bonds is 2. The first-order valence-electron chi connectivity index (χ1n) is 5.50. The SMILES string of the molecule is Cc1ccccc1CN1OCC(C)(C)C1=O. The van der Waals surface area contributed by atoms with Gasteiger partial charge in [-0.2, -0.15) is 0 Å². The maximum atomic E-state index is 11.9. The summed E-state index contributed by atoms with van der Waals surface area (Å²) in [5, 5.41) is 1.47. The fourth-order valence-electron chi connectivity index (χ4n) is 1.76. The van der Waals surface area contributed by atoms with Gasteiger partial charge in [0, 0.05) is 0 Å². The van der Waals surface area contributed by atoms with Crippen LogP contribution < -0.4 is 0 Å². The predicted molar refractivity (Wildman–Crippen MR) is 61.5 cm³/mol. The molecule has 3 heteroatoms. The van der Waals surface area contributed by atoms with E-state index in [4.69, 9.17) is 4.84 Å². The van der Waals surface area contributed by atoms with Gasteiger partial charge in [-0.15, -0.1) is 0 Å². The molecule has 0 saturated carbocycles. The summed E-state index contributed by atoms with van der Waals surface area (Å²) in [6.07, 6.45) is 0. The monoisotopic (exact) mass is 219 g/mol. The molecule has 1 heterocycles. The first-order valence-corrected chi connectivity index (χ1v) is 5.50. The normalized spacial score (nSPS) is 19.2. The standard InChI is InChI=1S/C13H17NO2/c1-10-6-4-5-7-11(10)8-14-12(15)13(2,3)9-16-14/h4-7H,8-9H2,1-3H3. The Hall–Kier alpha value is -1.35. The van der Waals surface area contributed by atoms with E-state index in [0.29, 0.717) is 13.2 Å². The average molecular weight is 219 g/mol. The maximum absolute atomic E-state index is 11.9. The molecule has 86 valence electrons. The predicted octanol–water partition coefficient (Wildman–Crippen LogP) is 2.30. The van der Waals surface area contributed by atoms with Crippen LogP contribution in [-0.4, -0.2) is 17.6 Å². The highest BCUT2D eigenvalue weighted by Gasteiger charge is 2.40. The Morgan fingerprint density at radius 2 is 2.06 bits per heavy atom. The zero-order valence-electron chi connectivity index (χ0n) is 9.99. The van der Waals surface area contributed by atoms with Crippen LogP contribution >= 0.6 is 0 Å². The summed E-state index contributed by atoms with van der Waals surface area (Å²) in [6, 6.07) is 8.04. The van der Waals surface area contributed by atoms with Gasteiger partial charge >= 0.3 is 0 Å². The highest BCUT2D eigenvalue weighted by Crippen LogP contribution is 2.28. The molecule has 1 aromatic carbocycles. The molecule has 0 aromatic heterocycles. The molecular weight excluding hydrogens is 202 g/mol. The van der Waals surface area contributed by atoms with Crippen LogP contribution in [0.15, 0.2) is 24.3 Å². The van der Waals surface area contributed by atoms with Crippen LogP contribution in [-0.2, 0) is 16.2 Å². The number of benzene rings is 1. The molecule has 16 heavy (non-hydrogen) atoms. The van der Waals surface area contributed by atoms with E-state index in [9.17, 15) is 4.79 Å². The lowest BCUT2D eigenvalue weighted by atomic mass is 9.95. The minimum atomic E-state index is -0.386. The lowest BCUT2D eigenvalue weighted by Gasteiger charge is -2.17. The molecule has 1 saturated heterocycles. The number of hydrogen-bond acceptors (Lipinski definition) is 2. The van der Waals surface area contributed by atoms with Crippen molar-refractivity contribution in [1.82, 2.24) is 5.06 Å². The van der Waals surface area contributed by atoms with E-state index in [0.717, 1.165) is 5.56 Å². The quantitative estimate of drug-likeness (QED) is 0.763. The van der Waals surface area contributed by atoms with Gasteiger partial charge in [-0.3, -0.25) is 9.63 Å². The van der Waals surface area contributed by atoms with Crippen molar-refractivity contribution < 1.29 is 9.63 Å². The maximum Gasteiger partial charge on any atom is 0.254 e. The Labute approximate surface area is 96.0 Å². The summed E-state index contributed by atoms with van der Waals surface area (Å²) in [5.41, 5.74) is 1.93. The van der Waals surface area contributed by atoms with Crippen LogP contribution in [0.5, 0.6) is 0 Å². The smallest absolute Gasteiger partial charge is 0.254 e. The molecule has 0 unspecified atom stereocenters. The molecule has 1 aromatic rings. The third kappa shape index (κ3) is 1.95. The Bertz CT molecular complexity index is 412. The fourth-order valence-corrected chi connectivity index (χ4v) is 1.76. The van der Waals surface area contributed by atoms with Crippen LogP contribution in [0.25, 0.3) is 0 Å². The van der Waals surface area contributed by atoms with E-state index in [-0.39, 0.29) is 11.3 Å². The van der Waals surface area contributed by atoms with Crippen molar-refractivity contribution in [2.75, 3.05) is 6.61 Å². The lowest BCUT2D eigenvalue weighted by molar-refractivity contribution is -0.165. The first kappa shape index (κ1) is 11.1. The number of nitrogens with zero attached hydrogens (tertiary/aromatic N) is 1. The van der Waals surface area contributed by atoms with Crippen molar-refractivity contribution in [3.63, 3.8) is 0 Å². The third-order valence-corrected chi connectivity index (χ3v) is 2.96. The van der Waals surface area contributed by atoms with E-state index in [1.165, 1.54) is 10.6 Å². The third-order valence-electron chi connectivity index (χ3n) is 2.96. The van der Waals surface area contributed by atoms with E-state index >= 15 is 0 Å². The lowest BCUT2D eigenvalue weighted by Crippen LogP contribution is -2.30. The first-order chi connectivity index (χ1) is 7.50. The van der Waals surface area contributed by atoms with Gasteiger partial charge in [0.05, 0.1) is 18.6 Å². The van der Waals surface area contributed by atoms with Crippen molar-refractivity contribution in [3.05, 3.63) is 35.4 Å². The minimum absolute atomic E-state index is 0.0655. The molecule has 0 N–H and O–H groups in total. The van der Waals surface area contributed by atoms with Crippen LogP contribution in [0.1, 0.15) is 25.0 Å². The number of aryl methyl sites for hydroxylation is 1. The topological polar surface area (TPSA) is 29.5 Å². The van der Waals surface area contributed by atoms with E-state index < -0.39 is 0 Å². The second kappa shape index (κ2) is 3.91. The molecule has 0 aliphatic carbocycles. The van der Waals surface area contributed by atoms with Crippen molar-refractivity contribution >= 4 is 5.91 Å². The summed E-state index contributed by atoms with van der Waals surface area (Å²) in [7, 11) is 0. The summed E-state index contributed by atoms with van der Waals surface area (Å²) < 4.78 is 0. The van der Waals surface area contributed by atoms with Crippen molar-refractivity contribution in [2.45, 2.75) is 27.3 Å². The summed E-state index contributed by atoms with van der Waals surface area (Å²) >= 11 is 0. The molecular formula is C13H17NO2. The summed E-state index contributed by atoms with van der Waals surface area (Å²) in [5.74, 6) is 0.0655. The molecule has 2 rings (SSSR count). The Morgan fingerprint density at radius 1 is 1.38 bits per heavy atom. The Kier molecular flexibility index (Phi) is 2.72. The van der Waals surface area contributed by atoms with Gasteiger partial charge in [0.15, 0.2) is 0 Å². The number of carbonyl (C=O) groups excluding carboxylic acids is 1. The van der Waals surface area contributed by atoms with Gasteiger partial charge in [-0.1, -0.05) is 24.3 Å². The molecule has 0 bridgehead atoms. The molecule has 3 nitrogen and oxygen atoms in total. The zero-order valence-corrected chi connectivity index (χ0v) is 9.99. The van der Waals surface area contributed by atoms with Gasteiger partial charge in [0.1, 0.15) is 0 Å². The van der Waals surface area contributed by atoms with Crippen LogP contribution in [0.2, 0.25) is 0 Å².